The van der Waals surface area contributed by atoms with Crippen LogP contribution in [-0.4, -0.2) is 0 Å². The Labute approximate surface area is 66.3 Å². The van der Waals surface area contributed by atoms with E-state index in [4.69, 9.17) is 0 Å². The van der Waals surface area contributed by atoms with E-state index in [0.717, 1.165) is 0 Å². The van der Waals surface area contributed by atoms with Crippen LogP contribution in [0.15, 0.2) is 12.2 Å². The van der Waals surface area contributed by atoms with Gasteiger partial charge in [0.15, 0.2) is 0 Å². The average molecular weight is 142 g/mol. The Morgan fingerprint density at radius 3 is 1.20 bits per heavy atom. The quantitative estimate of drug-likeness (QED) is 0.448. The third-order valence-corrected chi connectivity index (χ3v) is 1.39. The molecule has 0 heterocycles. The molecule has 0 atom stereocenters. The van der Waals surface area contributed by atoms with Crippen molar-refractivity contribution >= 4 is 0 Å². The molecule has 10 heavy (non-hydrogen) atoms. The molecular formula is C10H22. The van der Waals surface area contributed by atoms with Crippen LogP contribution >= 0.6 is 0 Å². The van der Waals surface area contributed by atoms with Gasteiger partial charge in [0.25, 0.3) is 0 Å². The van der Waals surface area contributed by atoms with Gasteiger partial charge in [-0.1, -0.05) is 46.3 Å². The lowest BCUT2D eigenvalue weighted by Gasteiger charge is -2.12. The molecule has 0 aliphatic heterocycles. The summed E-state index contributed by atoms with van der Waals surface area (Å²) in [7, 11) is 0. The van der Waals surface area contributed by atoms with Crippen molar-refractivity contribution < 1.29 is 0 Å². The molecule has 0 aliphatic carbocycles. The second-order valence-corrected chi connectivity index (χ2v) is 3.58. The van der Waals surface area contributed by atoms with E-state index in [9.17, 15) is 0 Å². The summed E-state index contributed by atoms with van der Waals surface area (Å²) in [6.07, 6.45) is 5.27. The summed E-state index contributed by atoms with van der Waals surface area (Å²) in [6.45, 7) is 12.9. The van der Waals surface area contributed by atoms with E-state index < -0.39 is 0 Å². The summed E-state index contributed by atoms with van der Waals surface area (Å²) in [4.78, 5) is 0. The van der Waals surface area contributed by atoms with Gasteiger partial charge >= 0.3 is 0 Å². The largest absolute Gasteiger partial charge is 0.0919 e. The molecule has 0 bridgehead atoms. The smallest absolute Gasteiger partial charge is 0.0385 e. The molecule has 0 radical (unpaired) electrons. The Kier molecular flexibility index (Phi) is 8.51. The molecule has 0 unspecified atom stereocenters. The van der Waals surface area contributed by atoms with E-state index in [0.29, 0.717) is 5.41 Å². The third-order valence-electron chi connectivity index (χ3n) is 1.39. The first-order valence-electron chi connectivity index (χ1n) is 4.05. The Hall–Kier alpha value is -0.260. The maximum Gasteiger partial charge on any atom is -0.0385 e. The van der Waals surface area contributed by atoms with Crippen LogP contribution < -0.4 is 0 Å². The lowest BCUT2D eigenvalue weighted by molar-refractivity contribution is 0.398. The van der Waals surface area contributed by atoms with E-state index in [1.54, 1.807) is 0 Å². The topological polar surface area (TPSA) is 0 Å². The molecule has 0 N–H and O–H groups in total. The lowest BCUT2D eigenvalue weighted by atomic mass is 9.94. The monoisotopic (exact) mass is 142 g/mol. The second-order valence-electron chi connectivity index (χ2n) is 3.58. The van der Waals surface area contributed by atoms with Crippen molar-refractivity contribution in [1.29, 1.82) is 0 Å². The minimum Gasteiger partial charge on any atom is -0.0919 e. The molecule has 0 nitrogen and oxygen atoms in total. The van der Waals surface area contributed by atoms with Gasteiger partial charge in [0.1, 0.15) is 0 Å². The van der Waals surface area contributed by atoms with Crippen LogP contribution in [-0.2, 0) is 0 Å². The first-order chi connectivity index (χ1) is 4.47. The standard InChI is InChI=1S/C6H14.C4H8/c1-5-6(2,3)4;1-3-4-2/h5H2,1-4H3;3-4H,1-2H3/b;4-3+. The molecule has 0 rings (SSSR count). The highest BCUT2D eigenvalue weighted by molar-refractivity contribution is 4.68. The van der Waals surface area contributed by atoms with E-state index in [1.807, 2.05) is 26.0 Å². The molecular weight excluding hydrogens is 120 g/mol. The zero-order chi connectivity index (χ0) is 8.62. The molecule has 62 valence electrons. The number of hydrogen-bond donors (Lipinski definition) is 0. The van der Waals surface area contributed by atoms with Crippen molar-refractivity contribution in [2.45, 2.75) is 48.0 Å². The Morgan fingerprint density at radius 1 is 1.00 bits per heavy atom. The lowest BCUT2D eigenvalue weighted by Crippen LogP contribution is -2.00. The summed E-state index contributed by atoms with van der Waals surface area (Å²) in [6, 6.07) is 0. The zero-order valence-corrected chi connectivity index (χ0v) is 8.36. The van der Waals surface area contributed by atoms with Crippen molar-refractivity contribution in [2.24, 2.45) is 5.41 Å². The molecule has 0 amide bonds. The highest BCUT2D eigenvalue weighted by Gasteiger charge is 2.03. The molecule has 0 aromatic carbocycles. The second kappa shape index (κ2) is 6.85. The average Bonchev–Trinajstić information content (AvgIpc) is 1.87. The SMILES string of the molecule is C/C=C/C.CCC(C)(C)C. The van der Waals surface area contributed by atoms with Gasteiger partial charge in [-0.15, -0.1) is 0 Å². The fraction of sp³-hybridized carbons (Fsp3) is 0.800. The highest BCUT2D eigenvalue weighted by Crippen LogP contribution is 2.16. The van der Waals surface area contributed by atoms with E-state index in [-0.39, 0.29) is 0 Å². The van der Waals surface area contributed by atoms with Crippen molar-refractivity contribution in [2.75, 3.05) is 0 Å². The van der Waals surface area contributed by atoms with E-state index in [2.05, 4.69) is 27.7 Å². The molecule has 0 aromatic rings. The number of allylic oxidation sites excluding steroid dienone is 2. The van der Waals surface area contributed by atoms with Gasteiger partial charge in [-0.2, -0.15) is 0 Å². The van der Waals surface area contributed by atoms with Crippen LogP contribution in [0.1, 0.15) is 48.0 Å². The predicted molar refractivity (Wildman–Crippen MR) is 50.2 cm³/mol. The van der Waals surface area contributed by atoms with Gasteiger partial charge in [0, 0.05) is 0 Å². The van der Waals surface area contributed by atoms with Crippen molar-refractivity contribution in [1.82, 2.24) is 0 Å². The van der Waals surface area contributed by atoms with Gasteiger partial charge in [-0.05, 0) is 19.3 Å². The van der Waals surface area contributed by atoms with Crippen LogP contribution in [0.5, 0.6) is 0 Å². The molecule has 0 spiro atoms. The Balaban J connectivity index is 0. The number of hydrogen-bond acceptors (Lipinski definition) is 0. The Bertz CT molecular complexity index is 68.5. The van der Waals surface area contributed by atoms with Gasteiger partial charge < -0.3 is 0 Å². The highest BCUT2D eigenvalue weighted by atomic mass is 14.1. The van der Waals surface area contributed by atoms with Gasteiger partial charge in [0.2, 0.25) is 0 Å². The fourth-order valence-electron chi connectivity index (χ4n) is 0. The van der Waals surface area contributed by atoms with Gasteiger partial charge in [0.05, 0.1) is 0 Å². The predicted octanol–water partition coefficient (Wildman–Crippen LogP) is 4.02. The van der Waals surface area contributed by atoms with E-state index in [1.165, 1.54) is 6.42 Å². The summed E-state index contributed by atoms with van der Waals surface area (Å²) in [5, 5.41) is 0. The molecule has 0 aliphatic rings. The van der Waals surface area contributed by atoms with Gasteiger partial charge in [-0.3, -0.25) is 0 Å². The minimum absolute atomic E-state index is 0.542. The third kappa shape index (κ3) is 25.1. The maximum absolute atomic E-state index is 2.24. The Morgan fingerprint density at radius 2 is 1.20 bits per heavy atom. The van der Waals surface area contributed by atoms with E-state index >= 15 is 0 Å². The maximum atomic E-state index is 2.24. The molecule has 0 saturated heterocycles. The normalized spacial score (nSPS) is 11.0. The van der Waals surface area contributed by atoms with Crippen LogP contribution in [0, 0.1) is 5.41 Å². The molecule has 0 fully saturated rings. The van der Waals surface area contributed by atoms with Crippen LogP contribution in [0.4, 0.5) is 0 Å². The van der Waals surface area contributed by atoms with Crippen molar-refractivity contribution in [3.8, 4) is 0 Å². The summed E-state index contributed by atoms with van der Waals surface area (Å²) in [5.41, 5.74) is 0.542. The first-order valence-corrected chi connectivity index (χ1v) is 4.05. The van der Waals surface area contributed by atoms with Crippen LogP contribution in [0.2, 0.25) is 0 Å². The minimum atomic E-state index is 0.542. The summed E-state index contributed by atoms with van der Waals surface area (Å²) in [5.74, 6) is 0. The molecule has 0 aromatic heterocycles. The van der Waals surface area contributed by atoms with Crippen molar-refractivity contribution in [3.05, 3.63) is 12.2 Å². The van der Waals surface area contributed by atoms with Crippen LogP contribution in [0.3, 0.4) is 0 Å². The molecule has 0 heteroatoms. The van der Waals surface area contributed by atoms with Crippen molar-refractivity contribution in [3.63, 3.8) is 0 Å². The summed E-state index contributed by atoms with van der Waals surface area (Å²) >= 11 is 0. The zero-order valence-electron chi connectivity index (χ0n) is 8.36. The number of rotatable bonds is 0. The van der Waals surface area contributed by atoms with Crippen LogP contribution in [0.25, 0.3) is 0 Å². The fourth-order valence-corrected chi connectivity index (χ4v) is 0. The van der Waals surface area contributed by atoms with Gasteiger partial charge in [-0.25, -0.2) is 0 Å². The summed E-state index contributed by atoms with van der Waals surface area (Å²) < 4.78 is 0. The molecule has 0 saturated carbocycles. The first kappa shape index (κ1) is 12.4.